The smallest absolute Gasteiger partial charge is 0.300 e. The summed E-state index contributed by atoms with van der Waals surface area (Å²) in [4.78, 5) is 25.3. The van der Waals surface area contributed by atoms with Gasteiger partial charge >= 0.3 is 5.69 Å². The SMILES string of the molecule is CC(=O)C1(c2ccccc2)CCN(c2ccc([N+](=O)[O-])c3nonc23)CC1. The predicted molar refractivity (Wildman–Crippen MR) is 98.7 cm³/mol. The number of nitro benzene ring substituents is 1. The maximum Gasteiger partial charge on any atom is 0.300 e. The summed E-state index contributed by atoms with van der Waals surface area (Å²) < 4.78 is 4.75. The van der Waals surface area contributed by atoms with Crippen molar-refractivity contribution in [1.82, 2.24) is 10.3 Å². The second-order valence-electron chi connectivity index (χ2n) is 6.81. The maximum absolute atomic E-state index is 12.5. The normalized spacial score (nSPS) is 16.4. The molecule has 0 radical (unpaired) electrons. The zero-order valence-corrected chi connectivity index (χ0v) is 14.8. The van der Waals surface area contributed by atoms with Crippen LogP contribution in [-0.4, -0.2) is 34.1 Å². The molecule has 0 N–H and O–H groups in total. The molecule has 2 aromatic carbocycles. The first-order chi connectivity index (χ1) is 13.0. The van der Waals surface area contributed by atoms with E-state index in [9.17, 15) is 14.9 Å². The van der Waals surface area contributed by atoms with Crippen molar-refractivity contribution in [1.29, 1.82) is 0 Å². The van der Waals surface area contributed by atoms with Crippen LogP contribution in [0.3, 0.4) is 0 Å². The number of anilines is 1. The first-order valence-electron chi connectivity index (χ1n) is 8.74. The highest BCUT2D eigenvalue weighted by Crippen LogP contribution is 2.39. The molecule has 0 amide bonds. The van der Waals surface area contributed by atoms with Crippen molar-refractivity contribution in [3.05, 3.63) is 58.1 Å². The highest BCUT2D eigenvalue weighted by Gasteiger charge is 2.41. The third kappa shape index (κ3) is 2.73. The number of hydrogen-bond acceptors (Lipinski definition) is 7. The van der Waals surface area contributed by atoms with Crippen molar-refractivity contribution >= 4 is 28.2 Å². The van der Waals surface area contributed by atoms with E-state index < -0.39 is 10.3 Å². The van der Waals surface area contributed by atoms with Gasteiger partial charge in [0, 0.05) is 19.2 Å². The molecule has 0 spiro atoms. The summed E-state index contributed by atoms with van der Waals surface area (Å²) in [5, 5.41) is 18.7. The van der Waals surface area contributed by atoms with Gasteiger partial charge in [0.2, 0.25) is 5.52 Å². The van der Waals surface area contributed by atoms with Gasteiger partial charge in [0.05, 0.1) is 16.0 Å². The lowest BCUT2D eigenvalue weighted by atomic mass is 9.70. The van der Waals surface area contributed by atoms with Crippen molar-refractivity contribution in [3.8, 4) is 0 Å². The van der Waals surface area contributed by atoms with E-state index in [0.29, 0.717) is 31.4 Å². The van der Waals surface area contributed by atoms with E-state index in [2.05, 4.69) is 15.2 Å². The minimum atomic E-state index is -0.500. The van der Waals surface area contributed by atoms with Gasteiger partial charge in [-0.05, 0) is 41.7 Å². The molecule has 2 heterocycles. The standard InChI is InChI=1S/C19H18N4O4/c1-13(24)19(14-5-3-2-4-6-14)9-11-22(12-10-19)15-7-8-16(23(25)26)18-17(15)20-27-21-18/h2-8H,9-12H2,1H3. The second kappa shape index (κ2) is 6.46. The van der Waals surface area contributed by atoms with E-state index in [1.165, 1.54) is 6.07 Å². The lowest BCUT2D eigenvalue weighted by Gasteiger charge is -2.41. The van der Waals surface area contributed by atoms with Crippen LogP contribution in [0.2, 0.25) is 0 Å². The summed E-state index contributed by atoms with van der Waals surface area (Å²) in [6.07, 6.45) is 1.33. The summed E-state index contributed by atoms with van der Waals surface area (Å²) in [6.45, 7) is 2.91. The van der Waals surface area contributed by atoms with Crippen LogP contribution in [0.5, 0.6) is 0 Å². The Morgan fingerprint density at radius 3 is 2.41 bits per heavy atom. The van der Waals surface area contributed by atoms with Crippen LogP contribution >= 0.6 is 0 Å². The number of piperidine rings is 1. The number of carbonyl (C=O) groups excluding carboxylic acids is 1. The second-order valence-corrected chi connectivity index (χ2v) is 6.81. The fraction of sp³-hybridized carbons (Fsp3) is 0.316. The molecule has 1 aliphatic heterocycles. The maximum atomic E-state index is 12.5. The van der Waals surface area contributed by atoms with Gasteiger partial charge in [-0.1, -0.05) is 30.3 Å². The molecule has 4 rings (SSSR count). The van der Waals surface area contributed by atoms with Gasteiger partial charge in [0.1, 0.15) is 5.78 Å². The highest BCUT2D eigenvalue weighted by molar-refractivity contribution is 5.94. The van der Waals surface area contributed by atoms with Gasteiger partial charge in [-0.15, -0.1) is 0 Å². The molecule has 27 heavy (non-hydrogen) atoms. The molecule has 8 nitrogen and oxygen atoms in total. The average molecular weight is 366 g/mol. The van der Waals surface area contributed by atoms with Crippen LogP contribution in [0.1, 0.15) is 25.3 Å². The highest BCUT2D eigenvalue weighted by atomic mass is 16.6. The van der Waals surface area contributed by atoms with Gasteiger partial charge < -0.3 is 4.90 Å². The Bertz CT molecular complexity index is 1010. The molecular formula is C19H18N4O4. The lowest BCUT2D eigenvalue weighted by Crippen LogP contribution is -2.46. The molecule has 0 saturated carbocycles. The molecule has 8 heteroatoms. The Kier molecular flexibility index (Phi) is 4.10. The van der Waals surface area contributed by atoms with Crippen molar-refractivity contribution in [2.24, 2.45) is 0 Å². The molecular weight excluding hydrogens is 348 g/mol. The molecule has 1 aromatic heterocycles. The van der Waals surface area contributed by atoms with Gasteiger partial charge in [0.25, 0.3) is 0 Å². The number of fused-ring (bicyclic) bond motifs is 1. The number of ketones is 1. The van der Waals surface area contributed by atoms with Crippen molar-refractivity contribution in [2.45, 2.75) is 25.2 Å². The Hall–Kier alpha value is -3.29. The van der Waals surface area contributed by atoms with Crippen molar-refractivity contribution < 1.29 is 14.3 Å². The molecule has 1 aliphatic rings. The predicted octanol–water partition coefficient (Wildman–Crippen LogP) is 3.26. The van der Waals surface area contributed by atoms with Crippen LogP contribution in [0.4, 0.5) is 11.4 Å². The first kappa shape index (κ1) is 17.1. The molecule has 3 aromatic rings. The minimum Gasteiger partial charge on any atom is -0.370 e. The fourth-order valence-electron chi connectivity index (χ4n) is 3.97. The van der Waals surface area contributed by atoms with Crippen molar-refractivity contribution in [3.63, 3.8) is 0 Å². The molecule has 0 unspecified atom stereocenters. The minimum absolute atomic E-state index is 0.130. The van der Waals surface area contributed by atoms with Gasteiger partial charge in [-0.25, -0.2) is 4.63 Å². The summed E-state index contributed by atoms with van der Waals surface area (Å²) >= 11 is 0. The number of hydrogen-bond donors (Lipinski definition) is 0. The average Bonchev–Trinajstić information content (AvgIpc) is 3.17. The molecule has 1 fully saturated rings. The van der Waals surface area contributed by atoms with Gasteiger partial charge in [0.15, 0.2) is 5.52 Å². The van der Waals surface area contributed by atoms with E-state index >= 15 is 0 Å². The van der Waals surface area contributed by atoms with Crippen LogP contribution < -0.4 is 4.90 Å². The number of Topliss-reactive ketones (excluding diaryl/α,β-unsaturated/α-hetero) is 1. The Morgan fingerprint density at radius 1 is 1.11 bits per heavy atom. The van der Waals surface area contributed by atoms with E-state index in [4.69, 9.17) is 4.63 Å². The zero-order chi connectivity index (χ0) is 19.0. The molecule has 0 aliphatic carbocycles. The van der Waals surface area contributed by atoms with Crippen LogP contribution in [0.15, 0.2) is 47.1 Å². The van der Waals surface area contributed by atoms with E-state index in [1.54, 1.807) is 13.0 Å². The number of benzene rings is 2. The number of carbonyl (C=O) groups is 1. The molecule has 0 atom stereocenters. The zero-order valence-electron chi connectivity index (χ0n) is 14.8. The summed E-state index contributed by atoms with van der Waals surface area (Å²) in [6, 6.07) is 12.9. The topological polar surface area (TPSA) is 102 Å². The number of non-ortho nitro benzene ring substituents is 1. The fourth-order valence-corrected chi connectivity index (χ4v) is 3.97. The Balaban J connectivity index is 1.66. The number of aromatic nitrogens is 2. The molecule has 138 valence electrons. The van der Waals surface area contributed by atoms with Crippen LogP contribution in [-0.2, 0) is 10.2 Å². The van der Waals surface area contributed by atoms with Crippen LogP contribution in [0.25, 0.3) is 11.0 Å². The third-order valence-corrected chi connectivity index (χ3v) is 5.53. The third-order valence-electron chi connectivity index (χ3n) is 5.53. The number of nitrogens with zero attached hydrogens (tertiary/aromatic N) is 4. The first-order valence-corrected chi connectivity index (χ1v) is 8.74. The molecule has 0 bridgehead atoms. The Labute approximate surface area is 154 Å². The largest absolute Gasteiger partial charge is 0.370 e. The quantitative estimate of drug-likeness (QED) is 0.516. The van der Waals surface area contributed by atoms with Gasteiger partial charge in [-0.3, -0.25) is 14.9 Å². The van der Waals surface area contributed by atoms with E-state index in [1.807, 2.05) is 30.3 Å². The van der Waals surface area contributed by atoms with E-state index in [-0.39, 0.29) is 17.0 Å². The summed E-state index contributed by atoms with van der Waals surface area (Å²) in [5.41, 5.74) is 1.66. The Morgan fingerprint density at radius 2 is 1.78 bits per heavy atom. The monoisotopic (exact) mass is 366 g/mol. The van der Waals surface area contributed by atoms with Crippen LogP contribution in [0, 0.1) is 10.1 Å². The van der Waals surface area contributed by atoms with Gasteiger partial charge in [-0.2, -0.15) is 0 Å². The van der Waals surface area contributed by atoms with E-state index in [0.717, 1.165) is 11.3 Å². The summed E-state index contributed by atoms with van der Waals surface area (Å²) in [7, 11) is 0. The van der Waals surface area contributed by atoms with Crippen molar-refractivity contribution in [2.75, 3.05) is 18.0 Å². The summed E-state index contributed by atoms with van der Waals surface area (Å²) in [5.74, 6) is 0.158. The molecule has 1 saturated heterocycles. The number of rotatable bonds is 4. The lowest BCUT2D eigenvalue weighted by molar-refractivity contribution is -0.383. The number of nitro groups is 1.